The first-order valence-corrected chi connectivity index (χ1v) is 8.03. The van der Waals surface area contributed by atoms with Crippen molar-refractivity contribution < 1.29 is 9.53 Å². The number of carbonyl (C=O) groups excluding carboxylic acids is 1. The molecule has 0 N–H and O–H groups in total. The average Bonchev–Trinajstić information content (AvgIpc) is 2.65. The second-order valence-corrected chi connectivity index (χ2v) is 6.41. The minimum Gasteiger partial charge on any atom is -0.489 e. The number of benzene rings is 1. The summed E-state index contributed by atoms with van der Waals surface area (Å²) in [5.74, 6) is 0.960. The van der Waals surface area contributed by atoms with Gasteiger partial charge in [0.15, 0.2) is 0 Å². The van der Waals surface area contributed by atoms with Crippen LogP contribution in [0.25, 0.3) is 0 Å². The Morgan fingerprint density at radius 2 is 2.23 bits per heavy atom. The van der Waals surface area contributed by atoms with Crippen LogP contribution in [0.1, 0.15) is 18.1 Å². The van der Waals surface area contributed by atoms with Gasteiger partial charge in [0, 0.05) is 29.0 Å². The maximum atomic E-state index is 12.6. The molecular formula is C17H17BrN2O2. The van der Waals surface area contributed by atoms with Crippen LogP contribution in [0.2, 0.25) is 0 Å². The number of para-hydroxylation sites is 1. The number of ether oxygens (including phenoxy) is 1. The predicted molar refractivity (Wildman–Crippen MR) is 87.6 cm³/mol. The fraction of sp³-hybridized carbons (Fsp3) is 0.294. The first-order valence-electron chi connectivity index (χ1n) is 7.23. The van der Waals surface area contributed by atoms with Crippen LogP contribution in [0, 0.1) is 0 Å². The van der Waals surface area contributed by atoms with Crippen LogP contribution in [0.15, 0.2) is 47.2 Å². The Balaban J connectivity index is 1.77. The third-order valence-corrected chi connectivity index (χ3v) is 4.04. The van der Waals surface area contributed by atoms with Crippen LogP contribution in [-0.2, 0) is 17.8 Å². The smallest absolute Gasteiger partial charge is 0.227 e. The van der Waals surface area contributed by atoms with Gasteiger partial charge in [0.25, 0.3) is 0 Å². The average molecular weight is 361 g/mol. The Morgan fingerprint density at radius 3 is 3.05 bits per heavy atom. The Labute approximate surface area is 138 Å². The second kappa shape index (κ2) is 6.48. The van der Waals surface area contributed by atoms with Crippen molar-refractivity contribution >= 4 is 21.8 Å². The van der Waals surface area contributed by atoms with Crippen molar-refractivity contribution in [1.82, 2.24) is 9.88 Å². The highest BCUT2D eigenvalue weighted by Crippen LogP contribution is 2.25. The Bertz CT molecular complexity index is 690. The van der Waals surface area contributed by atoms with Crippen LogP contribution in [-0.4, -0.2) is 28.4 Å². The molecule has 5 heteroatoms. The number of hydrogen-bond acceptors (Lipinski definition) is 3. The number of hydrogen-bond donors (Lipinski definition) is 0. The maximum absolute atomic E-state index is 12.6. The molecule has 0 spiro atoms. The van der Waals surface area contributed by atoms with Crippen molar-refractivity contribution in [3.63, 3.8) is 0 Å². The Kier molecular flexibility index (Phi) is 4.43. The van der Waals surface area contributed by atoms with E-state index in [1.807, 2.05) is 42.2 Å². The zero-order valence-corrected chi connectivity index (χ0v) is 13.9. The van der Waals surface area contributed by atoms with E-state index >= 15 is 0 Å². The lowest BCUT2D eigenvalue weighted by Crippen LogP contribution is -2.37. The van der Waals surface area contributed by atoms with Gasteiger partial charge in [-0.05, 0) is 40.5 Å². The molecule has 0 aliphatic carbocycles. The van der Waals surface area contributed by atoms with Crippen LogP contribution in [0.4, 0.5) is 0 Å². The predicted octanol–water partition coefficient (Wildman–Crippen LogP) is 3.20. The van der Waals surface area contributed by atoms with Crippen molar-refractivity contribution in [1.29, 1.82) is 0 Å². The van der Waals surface area contributed by atoms with E-state index in [1.54, 1.807) is 12.4 Å². The van der Waals surface area contributed by atoms with Crippen molar-refractivity contribution in [3.8, 4) is 5.75 Å². The molecule has 1 aliphatic heterocycles. The van der Waals surface area contributed by atoms with E-state index in [0.717, 1.165) is 21.3 Å². The highest BCUT2D eigenvalue weighted by atomic mass is 79.9. The summed E-state index contributed by atoms with van der Waals surface area (Å²) >= 11 is 3.38. The molecule has 114 valence electrons. The molecule has 3 rings (SSSR count). The number of carbonyl (C=O) groups is 1. The fourth-order valence-corrected chi connectivity index (χ4v) is 3.03. The quantitative estimate of drug-likeness (QED) is 0.825. The van der Waals surface area contributed by atoms with E-state index in [0.29, 0.717) is 19.5 Å². The van der Waals surface area contributed by atoms with Gasteiger partial charge < -0.3 is 9.64 Å². The number of fused-ring (bicyclic) bond motifs is 1. The first-order chi connectivity index (χ1) is 10.6. The van der Waals surface area contributed by atoms with E-state index < -0.39 is 0 Å². The monoisotopic (exact) mass is 360 g/mol. The minimum atomic E-state index is -0.0202. The van der Waals surface area contributed by atoms with E-state index in [-0.39, 0.29) is 12.0 Å². The van der Waals surface area contributed by atoms with Gasteiger partial charge in [-0.3, -0.25) is 9.78 Å². The summed E-state index contributed by atoms with van der Waals surface area (Å²) in [5.41, 5.74) is 1.96. The molecule has 1 aliphatic rings. The molecule has 1 amide bonds. The lowest BCUT2D eigenvalue weighted by atomic mass is 10.1. The third kappa shape index (κ3) is 3.47. The molecule has 0 fully saturated rings. The van der Waals surface area contributed by atoms with E-state index in [2.05, 4.69) is 20.9 Å². The first kappa shape index (κ1) is 15.0. The molecule has 0 radical (unpaired) electrons. The minimum absolute atomic E-state index is 0.0202. The van der Waals surface area contributed by atoms with Crippen LogP contribution < -0.4 is 4.74 Å². The number of pyridine rings is 1. The third-order valence-electron chi connectivity index (χ3n) is 3.61. The maximum Gasteiger partial charge on any atom is 0.227 e. The van der Waals surface area contributed by atoms with E-state index in [1.165, 1.54) is 0 Å². The highest BCUT2D eigenvalue weighted by molar-refractivity contribution is 9.10. The summed E-state index contributed by atoms with van der Waals surface area (Å²) < 4.78 is 6.78. The molecule has 0 saturated heterocycles. The van der Waals surface area contributed by atoms with E-state index in [9.17, 15) is 4.79 Å². The summed E-state index contributed by atoms with van der Waals surface area (Å²) in [6.07, 6.45) is 3.77. The standard InChI is InChI=1S/C17H17BrN2O2/c1-12-10-20(11-14-4-2-3-5-16(14)22-12)17(21)7-13-6-15(18)9-19-8-13/h2-6,8-9,12H,7,10-11H2,1H3. The summed E-state index contributed by atoms with van der Waals surface area (Å²) in [6, 6.07) is 9.82. The molecule has 4 nitrogen and oxygen atoms in total. The van der Waals surface area contributed by atoms with Crippen LogP contribution in [0.5, 0.6) is 5.75 Å². The van der Waals surface area contributed by atoms with Crippen molar-refractivity contribution in [3.05, 3.63) is 58.3 Å². The van der Waals surface area contributed by atoms with Gasteiger partial charge in [0.2, 0.25) is 5.91 Å². The van der Waals surface area contributed by atoms with Gasteiger partial charge in [-0.1, -0.05) is 18.2 Å². The Morgan fingerprint density at radius 1 is 1.41 bits per heavy atom. The normalized spacial score (nSPS) is 17.4. The van der Waals surface area contributed by atoms with Gasteiger partial charge in [0.1, 0.15) is 11.9 Å². The number of aromatic nitrogens is 1. The summed E-state index contributed by atoms with van der Waals surface area (Å²) in [5, 5.41) is 0. The zero-order chi connectivity index (χ0) is 15.5. The zero-order valence-electron chi connectivity index (χ0n) is 12.3. The lowest BCUT2D eigenvalue weighted by molar-refractivity contribution is -0.131. The molecule has 1 aromatic heterocycles. The van der Waals surface area contributed by atoms with Crippen LogP contribution >= 0.6 is 15.9 Å². The summed E-state index contributed by atoms with van der Waals surface area (Å²) in [6.45, 7) is 3.17. The number of halogens is 1. The summed E-state index contributed by atoms with van der Waals surface area (Å²) in [4.78, 5) is 18.6. The lowest BCUT2D eigenvalue weighted by Gasteiger charge is -2.22. The number of amides is 1. The summed E-state index contributed by atoms with van der Waals surface area (Å²) in [7, 11) is 0. The van der Waals surface area contributed by atoms with Gasteiger partial charge in [-0.2, -0.15) is 0 Å². The van der Waals surface area contributed by atoms with Crippen molar-refractivity contribution in [2.24, 2.45) is 0 Å². The second-order valence-electron chi connectivity index (χ2n) is 5.50. The fourth-order valence-electron chi connectivity index (χ4n) is 2.61. The molecule has 22 heavy (non-hydrogen) atoms. The molecule has 2 aromatic rings. The largest absolute Gasteiger partial charge is 0.489 e. The van der Waals surface area contributed by atoms with E-state index in [4.69, 9.17) is 4.74 Å². The topological polar surface area (TPSA) is 42.4 Å². The number of rotatable bonds is 2. The molecular weight excluding hydrogens is 344 g/mol. The molecule has 0 saturated carbocycles. The van der Waals surface area contributed by atoms with Gasteiger partial charge in [-0.15, -0.1) is 0 Å². The molecule has 0 bridgehead atoms. The van der Waals surface area contributed by atoms with Crippen molar-refractivity contribution in [2.75, 3.05) is 6.54 Å². The Hall–Kier alpha value is -1.88. The van der Waals surface area contributed by atoms with Crippen molar-refractivity contribution in [2.45, 2.75) is 26.0 Å². The molecule has 1 atom stereocenters. The SMILES string of the molecule is CC1CN(C(=O)Cc2cncc(Br)c2)Cc2ccccc2O1. The van der Waals surface area contributed by atoms with Crippen LogP contribution in [0.3, 0.4) is 0 Å². The number of nitrogens with zero attached hydrogens (tertiary/aromatic N) is 2. The van der Waals surface area contributed by atoms with Gasteiger partial charge >= 0.3 is 0 Å². The molecule has 1 aromatic carbocycles. The van der Waals surface area contributed by atoms with Gasteiger partial charge in [-0.25, -0.2) is 0 Å². The molecule has 1 unspecified atom stereocenters. The van der Waals surface area contributed by atoms with Gasteiger partial charge in [0.05, 0.1) is 13.0 Å². The highest BCUT2D eigenvalue weighted by Gasteiger charge is 2.23. The molecule has 2 heterocycles.